The van der Waals surface area contributed by atoms with Crippen LogP contribution in [0, 0.1) is 5.82 Å². The van der Waals surface area contributed by atoms with Crippen molar-refractivity contribution in [3.8, 4) is 0 Å². The number of morpholine rings is 1. The van der Waals surface area contributed by atoms with Crippen molar-refractivity contribution in [1.29, 1.82) is 0 Å². The number of pyridine rings is 1. The second-order valence-electron chi connectivity index (χ2n) is 12.9. The van der Waals surface area contributed by atoms with Crippen LogP contribution < -0.4 is 10.2 Å². The Labute approximate surface area is 246 Å². The summed E-state index contributed by atoms with van der Waals surface area (Å²) in [6.45, 7) is 13.7. The molecule has 2 saturated heterocycles. The molecule has 3 aliphatic heterocycles. The number of aromatic nitrogens is 2. The summed E-state index contributed by atoms with van der Waals surface area (Å²) in [5, 5.41) is 3.61. The maximum Gasteiger partial charge on any atom is 0.241 e. The van der Waals surface area contributed by atoms with E-state index < -0.39 is 6.67 Å². The average molecular weight is 581 g/mol. The van der Waals surface area contributed by atoms with E-state index >= 15 is 0 Å². The van der Waals surface area contributed by atoms with Gasteiger partial charge >= 0.3 is 0 Å². The molecule has 0 spiro atoms. The molecule has 3 aromatic rings. The highest BCUT2D eigenvalue weighted by atomic mass is 19.1. The van der Waals surface area contributed by atoms with E-state index in [9.17, 15) is 13.6 Å². The van der Waals surface area contributed by atoms with Gasteiger partial charge in [0, 0.05) is 74.4 Å². The molecule has 8 nitrogen and oxygen atoms in total. The molecule has 226 valence electrons. The van der Waals surface area contributed by atoms with E-state index in [0.29, 0.717) is 42.9 Å². The fourth-order valence-corrected chi connectivity index (χ4v) is 6.89. The van der Waals surface area contributed by atoms with Crippen LogP contribution in [0.1, 0.15) is 50.2 Å². The molecule has 1 amide bonds. The Morgan fingerprint density at radius 1 is 1.19 bits per heavy atom. The molecule has 0 unspecified atom stereocenters. The predicted octanol–water partition coefficient (Wildman–Crippen LogP) is 3.54. The molecular weight excluding hydrogens is 538 g/mol. The van der Waals surface area contributed by atoms with Gasteiger partial charge in [-0.25, -0.2) is 13.8 Å². The standard InChI is InChI=1S/C32H42F2N6O2/c1-21-15-38(27(14-35-21)17-37-9-10-42-19-22(37)2)18-29(41)40-20-32(3,4)30-28(40)12-24(11-23-5-7-25(34)8-6-23)31-36-26(13-33)16-39(30)31/h5-8,12,16,21-22,27,35H,9-11,13-15,17-20H2,1-4H3/t21-,22-,27-/m1/s1. The second-order valence-corrected chi connectivity index (χ2v) is 12.9. The molecule has 0 radical (unpaired) electrons. The number of rotatable bonds is 7. The van der Waals surface area contributed by atoms with Crippen LogP contribution in [0.25, 0.3) is 5.65 Å². The summed E-state index contributed by atoms with van der Waals surface area (Å²) in [6.07, 6.45) is 2.26. The van der Waals surface area contributed by atoms with Gasteiger partial charge in [-0.05, 0) is 37.6 Å². The maximum atomic E-state index is 14.2. The quantitative estimate of drug-likeness (QED) is 0.462. The van der Waals surface area contributed by atoms with Crippen LogP contribution in [0.15, 0.2) is 36.5 Å². The average Bonchev–Trinajstić information content (AvgIpc) is 3.51. The molecule has 6 rings (SSSR count). The summed E-state index contributed by atoms with van der Waals surface area (Å²) in [5.41, 5.74) is 4.31. The summed E-state index contributed by atoms with van der Waals surface area (Å²) < 4.78 is 35.1. The molecule has 1 N–H and O–H groups in total. The predicted molar refractivity (Wildman–Crippen MR) is 159 cm³/mol. The zero-order chi connectivity index (χ0) is 29.6. The van der Waals surface area contributed by atoms with Gasteiger partial charge in [-0.2, -0.15) is 0 Å². The SMILES string of the molecule is C[C@@H]1CN(CC(=O)N2CC(C)(C)c3c2cc(Cc2ccc(F)cc2)c2nc(CF)cn32)[C@@H](CN2CCOC[C@H]2C)CN1. The Morgan fingerprint density at radius 3 is 2.71 bits per heavy atom. The van der Waals surface area contributed by atoms with Crippen molar-refractivity contribution in [2.24, 2.45) is 0 Å². The summed E-state index contributed by atoms with van der Waals surface area (Å²) in [6, 6.07) is 9.32. The largest absolute Gasteiger partial charge is 0.379 e. The van der Waals surface area contributed by atoms with Crippen molar-refractivity contribution in [3.05, 3.63) is 64.9 Å². The van der Waals surface area contributed by atoms with E-state index in [4.69, 9.17) is 4.74 Å². The molecule has 0 saturated carbocycles. The van der Waals surface area contributed by atoms with E-state index in [2.05, 4.69) is 47.8 Å². The number of carbonyl (C=O) groups is 1. The molecule has 10 heteroatoms. The summed E-state index contributed by atoms with van der Waals surface area (Å²) in [7, 11) is 0. The third-order valence-electron chi connectivity index (χ3n) is 9.08. The summed E-state index contributed by atoms with van der Waals surface area (Å²) in [5.74, 6) is -0.227. The highest BCUT2D eigenvalue weighted by molar-refractivity contribution is 5.98. The number of anilines is 1. The van der Waals surface area contributed by atoms with E-state index in [1.165, 1.54) is 12.1 Å². The number of ether oxygens (including phenoxy) is 1. The first-order valence-electron chi connectivity index (χ1n) is 15.1. The Hall–Kier alpha value is -2.92. The van der Waals surface area contributed by atoms with Gasteiger partial charge in [0.05, 0.1) is 36.8 Å². The Bertz CT molecular complexity index is 1440. The lowest BCUT2D eigenvalue weighted by Gasteiger charge is -2.43. The lowest BCUT2D eigenvalue weighted by atomic mass is 9.90. The van der Waals surface area contributed by atoms with Crippen LogP contribution in [0.3, 0.4) is 0 Å². The van der Waals surface area contributed by atoms with Gasteiger partial charge in [0.15, 0.2) is 0 Å². The molecule has 5 heterocycles. The minimum absolute atomic E-state index is 0.0638. The van der Waals surface area contributed by atoms with Gasteiger partial charge in [-0.1, -0.05) is 26.0 Å². The van der Waals surface area contributed by atoms with E-state index in [0.717, 1.165) is 61.9 Å². The van der Waals surface area contributed by atoms with E-state index in [-0.39, 0.29) is 23.2 Å². The fourth-order valence-electron chi connectivity index (χ4n) is 6.89. The van der Waals surface area contributed by atoms with Crippen molar-refractivity contribution < 1.29 is 18.3 Å². The van der Waals surface area contributed by atoms with Crippen molar-refractivity contribution in [1.82, 2.24) is 24.5 Å². The Kier molecular flexibility index (Phi) is 8.08. The van der Waals surface area contributed by atoms with Gasteiger partial charge in [0.2, 0.25) is 5.91 Å². The van der Waals surface area contributed by atoms with Crippen molar-refractivity contribution >= 4 is 17.2 Å². The van der Waals surface area contributed by atoms with Crippen molar-refractivity contribution in [2.75, 3.05) is 57.4 Å². The maximum absolute atomic E-state index is 14.2. The normalized spacial score (nSPS) is 24.8. The Balaban J connectivity index is 1.31. The highest BCUT2D eigenvalue weighted by Gasteiger charge is 2.42. The number of halogens is 2. The summed E-state index contributed by atoms with van der Waals surface area (Å²) in [4.78, 5) is 25.5. The van der Waals surface area contributed by atoms with Crippen molar-refractivity contribution in [2.45, 2.75) is 64.3 Å². The van der Waals surface area contributed by atoms with Gasteiger partial charge in [-0.15, -0.1) is 0 Å². The second kappa shape index (κ2) is 11.6. The highest BCUT2D eigenvalue weighted by Crippen LogP contribution is 2.42. The third kappa shape index (κ3) is 5.69. The van der Waals surface area contributed by atoms with Crippen molar-refractivity contribution in [3.63, 3.8) is 0 Å². The summed E-state index contributed by atoms with van der Waals surface area (Å²) >= 11 is 0. The molecular formula is C32H42F2N6O2. The number of nitrogens with zero attached hydrogens (tertiary/aromatic N) is 5. The lowest BCUT2D eigenvalue weighted by molar-refractivity contribution is -0.121. The molecule has 3 aliphatic rings. The van der Waals surface area contributed by atoms with Crippen LogP contribution in [0.5, 0.6) is 0 Å². The minimum Gasteiger partial charge on any atom is -0.379 e. The molecule has 2 aromatic heterocycles. The number of imidazole rings is 1. The minimum atomic E-state index is -0.667. The molecule has 1 aromatic carbocycles. The number of nitrogens with one attached hydrogen (secondary N) is 1. The lowest BCUT2D eigenvalue weighted by Crippen LogP contribution is -2.62. The zero-order valence-corrected chi connectivity index (χ0v) is 25.1. The van der Waals surface area contributed by atoms with Gasteiger partial charge in [-0.3, -0.25) is 14.6 Å². The topological polar surface area (TPSA) is 65.4 Å². The number of benzene rings is 1. The Morgan fingerprint density at radius 2 is 1.98 bits per heavy atom. The van der Waals surface area contributed by atoms with Crippen LogP contribution in [-0.4, -0.2) is 95.7 Å². The van der Waals surface area contributed by atoms with Crippen LogP contribution in [0.2, 0.25) is 0 Å². The van der Waals surface area contributed by atoms with Gasteiger partial charge in [0.1, 0.15) is 18.1 Å². The first-order chi connectivity index (χ1) is 20.1. The van der Waals surface area contributed by atoms with E-state index in [1.807, 2.05) is 15.4 Å². The number of fused-ring (bicyclic) bond motifs is 3. The number of hydrogen-bond donors (Lipinski definition) is 1. The molecule has 3 atom stereocenters. The fraction of sp³-hybridized carbons (Fsp3) is 0.562. The zero-order valence-electron chi connectivity index (χ0n) is 25.1. The van der Waals surface area contributed by atoms with Crippen LogP contribution in [-0.2, 0) is 28.0 Å². The number of hydrogen-bond acceptors (Lipinski definition) is 6. The number of carbonyl (C=O) groups excluding carboxylic acids is 1. The molecule has 0 aliphatic carbocycles. The first kappa shape index (κ1) is 29.2. The van der Waals surface area contributed by atoms with Crippen LogP contribution >= 0.6 is 0 Å². The number of piperazine rings is 1. The molecule has 0 bridgehead atoms. The molecule has 2 fully saturated rings. The smallest absolute Gasteiger partial charge is 0.241 e. The third-order valence-corrected chi connectivity index (χ3v) is 9.08. The van der Waals surface area contributed by atoms with Gasteiger partial charge in [0.25, 0.3) is 0 Å². The molecule has 42 heavy (non-hydrogen) atoms. The number of alkyl halides is 1. The first-order valence-corrected chi connectivity index (χ1v) is 15.1. The number of amides is 1. The van der Waals surface area contributed by atoms with Crippen LogP contribution in [0.4, 0.5) is 14.5 Å². The van der Waals surface area contributed by atoms with Gasteiger partial charge < -0.3 is 19.4 Å². The van der Waals surface area contributed by atoms with E-state index in [1.54, 1.807) is 18.3 Å². The monoisotopic (exact) mass is 580 g/mol.